The molecule has 9 heteroatoms. The van der Waals surface area contributed by atoms with Gasteiger partial charge < -0.3 is 10.9 Å². The predicted molar refractivity (Wildman–Crippen MR) is 60.0 cm³/mol. The van der Waals surface area contributed by atoms with Crippen molar-refractivity contribution in [2.75, 3.05) is 14.2 Å². The first-order chi connectivity index (χ1) is 8.31. The summed E-state index contributed by atoms with van der Waals surface area (Å²) in [5.41, 5.74) is -0.481. The smallest absolute Gasteiger partial charge is 1.00 e. The van der Waals surface area contributed by atoms with Gasteiger partial charge in [0.15, 0.2) is 0 Å². The van der Waals surface area contributed by atoms with Gasteiger partial charge in [-0.3, -0.25) is 4.55 Å². The SMILES string of the molecule is COC(=O)c1ccc(C(=O)OC)c(S(=O)(=O)O)c1.[H-].[Li+]. The van der Waals surface area contributed by atoms with Crippen LogP contribution < -0.4 is 18.9 Å². The minimum absolute atomic E-state index is 0. The molecule has 1 aromatic rings. The molecule has 0 unspecified atom stereocenters. The Kier molecular flexibility index (Phi) is 6.25. The van der Waals surface area contributed by atoms with Gasteiger partial charge in [-0.15, -0.1) is 0 Å². The summed E-state index contributed by atoms with van der Waals surface area (Å²) < 4.78 is 40.0. The third-order valence-corrected chi connectivity index (χ3v) is 2.98. The molecule has 0 aliphatic rings. The van der Waals surface area contributed by atoms with Crippen molar-refractivity contribution < 1.29 is 52.3 Å². The molecule has 1 aromatic carbocycles. The zero-order chi connectivity index (χ0) is 13.9. The summed E-state index contributed by atoms with van der Waals surface area (Å²) >= 11 is 0. The molecular formula is C10H11LiO7S. The first kappa shape index (κ1) is 17.7. The standard InChI is InChI=1S/C10H10O7S.Li.H/c1-16-9(11)6-3-4-7(10(12)17-2)8(5-6)18(13,14)15;;/h3-5H,1-2H3,(H,13,14,15);;/q;+1;-1. The van der Waals surface area contributed by atoms with E-state index in [9.17, 15) is 18.0 Å². The molecule has 0 fully saturated rings. The van der Waals surface area contributed by atoms with Crippen molar-refractivity contribution in [3.63, 3.8) is 0 Å². The van der Waals surface area contributed by atoms with Crippen LogP contribution in [0.15, 0.2) is 23.1 Å². The quantitative estimate of drug-likeness (QED) is 0.375. The third kappa shape index (κ3) is 4.07. The van der Waals surface area contributed by atoms with Crippen LogP contribution in [0, 0.1) is 0 Å². The Bertz CT molecular complexity index is 600. The molecule has 0 amide bonds. The van der Waals surface area contributed by atoms with E-state index in [1.54, 1.807) is 0 Å². The number of ether oxygens (including phenoxy) is 2. The van der Waals surface area contributed by atoms with E-state index in [-0.39, 0.29) is 31.4 Å². The molecule has 1 rings (SSSR count). The van der Waals surface area contributed by atoms with Crippen molar-refractivity contribution in [3.8, 4) is 0 Å². The van der Waals surface area contributed by atoms with Crippen LogP contribution in [0.5, 0.6) is 0 Å². The third-order valence-electron chi connectivity index (χ3n) is 2.09. The maximum Gasteiger partial charge on any atom is 1.00 e. The molecular weight excluding hydrogens is 271 g/mol. The average molecular weight is 282 g/mol. The van der Waals surface area contributed by atoms with Gasteiger partial charge in [0.05, 0.1) is 25.3 Å². The monoisotopic (exact) mass is 282 g/mol. The number of esters is 2. The van der Waals surface area contributed by atoms with Crippen LogP contribution in [0.3, 0.4) is 0 Å². The summed E-state index contributed by atoms with van der Waals surface area (Å²) in [6.07, 6.45) is 0. The summed E-state index contributed by atoms with van der Waals surface area (Å²) in [5.74, 6) is -1.74. The summed E-state index contributed by atoms with van der Waals surface area (Å²) in [6.45, 7) is 0. The molecule has 0 bridgehead atoms. The summed E-state index contributed by atoms with van der Waals surface area (Å²) in [6, 6.07) is 3.08. The number of rotatable bonds is 3. The van der Waals surface area contributed by atoms with Gasteiger partial charge in [-0.05, 0) is 18.2 Å². The fourth-order valence-corrected chi connectivity index (χ4v) is 1.96. The minimum Gasteiger partial charge on any atom is -1.00 e. The Morgan fingerprint density at radius 2 is 1.68 bits per heavy atom. The Hall–Kier alpha value is -1.33. The van der Waals surface area contributed by atoms with Crippen LogP contribution >= 0.6 is 0 Å². The zero-order valence-electron chi connectivity index (χ0n) is 11.5. The number of hydrogen-bond donors (Lipinski definition) is 1. The van der Waals surface area contributed by atoms with Gasteiger partial charge in [0.2, 0.25) is 0 Å². The van der Waals surface area contributed by atoms with Gasteiger partial charge in [0.25, 0.3) is 10.1 Å². The molecule has 1 N–H and O–H groups in total. The van der Waals surface area contributed by atoms with Gasteiger partial charge in [0, 0.05) is 0 Å². The number of hydrogen-bond acceptors (Lipinski definition) is 6. The van der Waals surface area contributed by atoms with E-state index < -0.39 is 27.0 Å². The summed E-state index contributed by atoms with van der Waals surface area (Å²) in [5, 5.41) is 0. The molecule has 0 aromatic heterocycles. The topological polar surface area (TPSA) is 107 Å². The van der Waals surface area contributed by atoms with Crippen LogP contribution in [0.2, 0.25) is 0 Å². The van der Waals surface area contributed by atoms with Crippen LogP contribution in [-0.2, 0) is 19.6 Å². The van der Waals surface area contributed by atoms with Gasteiger partial charge >= 0.3 is 30.8 Å². The largest absolute Gasteiger partial charge is 1.00 e. The Morgan fingerprint density at radius 3 is 2.11 bits per heavy atom. The molecule has 0 saturated heterocycles. The van der Waals surface area contributed by atoms with Crippen molar-refractivity contribution in [2.45, 2.75) is 4.90 Å². The molecule has 19 heavy (non-hydrogen) atoms. The number of carbonyl (C=O) groups is 2. The van der Waals surface area contributed by atoms with E-state index in [4.69, 9.17) is 4.55 Å². The second-order valence-electron chi connectivity index (χ2n) is 3.17. The number of benzene rings is 1. The Morgan fingerprint density at radius 1 is 1.16 bits per heavy atom. The van der Waals surface area contributed by atoms with Gasteiger partial charge in [0.1, 0.15) is 4.90 Å². The van der Waals surface area contributed by atoms with Crippen LogP contribution in [-0.4, -0.2) is 39.1 Å². The van der Waals surface area contributed by atoms with E-state index in [1.165, 1.54) is 6.07 Å². The minimum atomic E-state index is -4.66. The normalized spacial score (nSPS) is 10.3. The molecule has 0 aliphatic carbocycles. The molecule has 0 radical (unpaired) electrons. The van der Waals surface area contributed by atoms with Crippen molar-refractivity contribution in [1.29, 1.82) is 0 Å². The Labute approximate surface area is 123 Å². The predicted octanol–water partition coefficient (Wildman–Crippen LogP) is -2.38. The van der Waals surface area contributed by atoms with Gasteiger partial charge in [-0.25, -0.2) is 9.59 Å². The fourth-order valence-electron chi connectivity index (χ4n) is 1.26. The van der Waals surface area contributed by atoms with Crippen LogP contribution in [0.1, 0.15) is 22.1 Å². The van der Waals surface area contributed by atoms with Crippen molar-refractivity contribution in [2.24, 2.45) is 0 Å². The molecule has 0 spiro atoms. The summed E-state index contributed by atoms with van der Waals surface area (Å²) in [4.78, 5) is 21.8. The number of methoxy groups -OCH3 is 2. The first-order valence-electron chi connectivity index (χ1n) is 4.59. The molecule has 0 heterocycles. The second-order valence-corrected chi connectivity index (χ2v) is 4.56. The van der Waals surface area contributed by atoms with E-state index in [0.29, 0.717) is 0 Å². The summed E-state index contributed by atoms with van der Waals surface area (Å²) in [7, 11) is -2.49. The van der Waals surface area contributed by atoms with E-state index in [2.05, 4.69) is 9.47 Å². The molecule has 0 aliphatic heterocycles. The van der Waals surface area contributed by atoms with Crippen LogP contribution in [0.4, 0.5) is 0 Å². The molecule has 100 valence electrons. The Balaban J connectivity index is 0. The van der Waals surface area contributed by atoms with Crippen molar-refractivity contribution >= 4 is 22.1 Å². The van der Waals surface area contributed by atoms with E-state index in [1.807, 2.05) is 0 Å². The van der Waals surface area contributed by atoms with Gasteiger partial charge in [-0.2, -0.15) is 8.42 Å². The second kappa shape index (κ2) is 6.72. The molecule has 0 atom stereocenters. The maximum atomic E-state index is 11.3. The van der Waals surface area contributed by atoms with Crippen molar-refractivity contribution in [1.82, 2.24) is 0 Å². The molecule has 7 nitrogen and oxygen atoms in total. The zero-order valence-corrected chi connectivity index (χ0v) is 11.4. The average Bonchev–Trinajstić information content (AvgIpc) is 2.35. The van der Waals surface area contributed by atoms with E-state index in [0.717, 1.165) is 26.4 Å². The van der Waals surface area contributed by atoms with Gasteiger partial charge in [-0.1, -0.05) is 0 Å². The number of carbonyl (C=O) groups excluding carboxylic acids is 2. The van der Waals surface area contributed by atoms with E-state index >= 15 is 0 Å². The first-order valence-corrected chi connectivity index (χ1v) is 6.03. The maximum absolute atomic E-state index is 11.3. The molecule has 0 saturated carbocycles. The fraction of sp³-hybridized carbons (Fsp3) is 0.200. The van der Waals surface area contributed by atoms with Crippen LogP contribution in [0.25, 0.3) is 0 Å². The van der Waals surface area contributed by atoms with Crippen molar-refractivity contribution in [3.05, 3.63) is 29.3 Å².